The average Bonchev–Trinajstić information content (AvgIpc) is 2.47. The van der Waals surface area contributed by atoms with E-state index in [1.165, 1.54) is 32.5 Å². The average molecular weight is 275 g/mol. The van der Waals surface area contributed by atoms with Gasteiger partial charge >= 0.3 is 5.97 Å². The predicted octanol–water partition coefficient (Wildman–Crippen LogP) is 2.59. The standard InChI is InChI=1S/C14H13NO5/c1-18-9-6-10(19-2)8-11(7-9)20-13-12(14(16)17)4-3-5-15-13/h3-8H,1-2H3,(H,16,17). The van der Waals surface area contributed by atoms with Gasteiger partial charge in [0.25, 0.3) is 0 Å². The van der Waals surface area contributed by atoms with Crippen LogP contribution in [0, 0.1) is 0 Å². The molecule has 0 saturated heterocycles. The monoisotopic (exact) mass is 275 g/mol. The third-order valence-corrected chi connectivity index (χ3v) is 2.54. The van der Waals surface area contributed by atoms with E-state index in [1.807, 2.05) is 0 Å². The van der Waals surface area contributed by atoms with Gasteiger partial charge in [-0.25, -0.2) is 9.78 Å². The molecule has 0 unspecified atom stereocenters. The number of methoxy groups -OCH3 is 2. The Morgan fingerprint density at radius 2 is 1.70 bits per heavy atom. The van der Waals surface area contributed by atoms with E-state index in [9.17, 15) is 4.79 Å². The highest BCUT2D eigenvalue weighted by Crippen LogP contribution is 2.31. The van der Waals surface area contributed by atoms with E-state index < -0.39 is 5.97 Å². The lowest BCUT2D eigenvalue weighted by atomic mass is 10.2. The molecule has 0 aliphatic rings. The van der Waals surface area contributed by atoms with Crippen molar-refractivity contribution in [2.24, 2.45) is 0 Å². The molecule has 0 radical (unpaired) electrons. The summed E-state index contributed by atoms with van der Waals surface area (Å²) in [5.74, 6) is 0.347. The van der Waals surface area contributed by atoms with Crippen molar-refractivity contribution < 1.29 is 24.1 Å². The molecule has 1 aromatic heterocycles. The van der Waals surface area contributed by atoms with Crippen molar-refractivity contribution in [3.8, 4) is 23.1 Å². The number of carboxylic acid groups (broad SMARTS) is 1. The Kier molecular flexibility index (Phi) is 4.05. The zero-order chi connectivity index (χ0) is 14.5. The van der Waals surface area contributed by atoms with E-state index in [0.29, 0.717) is 17.2 Å². The Morgan fingerprint density at radius 1 is 1.10 bits per heavy atom. The van der Waals surface area contributed by atoms with Crippen LogP contribution < -0.4 is 14.2 Å². The normalized spacial score (nSPS) is 9.90. The van der Waals surface area contributed by atoms with Crippen LogP contribution in [-0.4, -0.2) is 30.3 Å². The number of hydrogen-bond acceptors (Lipinski definition) is 5. The fraction of sp³-hybridized carbons (Fsp3) is 0.143. The van der Waals surface area contributed by atoms with E-state index in [-0.39, 0.29) is 11.4 Å². The third-order valence-electron chi connectivity index (χ3n) is 2.54. The summed E-state index contributed by atoms with van der Waals surface area (Å²) in [7, 11) is 3.03. The maximum Gasteiger partial charge on any atom is 0.341 e. The van der Waals surface area contributed by atoms with Crippen LogP contribution >= 0.6 is 0 Å². The molecule has 0 amide bonds. The highest BCUT2D eigenvalue weighted by Gasteiger charge is 2.13. The summed E-state index contributed by atoms with van der Waals surface area (Å²) in [6.07, 6.45) is 1.46. The van der Waals surface area contributed by atoms with Crippen LogP contribution in [0.5, 0.6) is 23.1 Å². The highest BCUT2D eigenvalue weighted by molar-refractivity contribution is 5.90. The van der Waals surface area contributed by atoms with Crippen molar-refractivity contribution in [2.75, 3.05) is 14.2 Å². The molecular weight excluding hydrogens is 262 g/mol. The van der Waals surface area contributed by atoms with Crippen LogP contribution in [0.25, 0.3) is 0 Å². The minimum absolute atomic E-state index is 0.00954. The Hall–Kier alpha value is -2.76. The van der Waals surface area contributed by atoms with Gasteiger partial charge in [0.05, 0.1) is 14.2 Å². The molecule has 1 aromatic carbocycles. The molecule has 0 aliphatic carbocycles. The van der Waals surface area contributed by atoms with Crippen LogP contribution in [0.3, 0.4) is 0 Å². The van der Waals surface area contributed by atoms with Gasteiger partial charge in [-0.3, -0.25) is 0 Å². The first kappa shape index (κ1) is 13.7. The lowest BCUT2D eigenvalue weighted by Gasteiger charge is -2.10. The van der Waals surface area contributed by atoms with E-state index in [2.05, 4.69) is 4.98 Å². The van der Waals surface area contributed by atoms with Crippen molar-refractivity contribution in [2.45, 2.75) is 0 Å². The van der Waals surface area contributed by atoms with Gasteiger partial charge in [-0.1, -0.05) is 0 Å². The van der Waals surface area contributed by atoms with Crippen LogP contribution in [0.2, 0.25) is 0 Å². The molecule has 0 spiro atoms. The Bertz CT molecular complexity index is 604. The SMILES string of the molecule is COc1cc(OC)cc(Oc2ncccc2C(=O)O)c1. The van der Waals surface area contributed by atoms with E-state index >= 15 is 0 Å². The summed E-state index contributed by atoms with van der Waals surface area (Å²) in [6, 6.07) is 7.86. The van der Waals surface area contributed by atoms with Crippen molar-refractivity contribution in [3.05, 3.63) is 42.1 Å². The zero-order valence-electron chi connectivity index (χ0n) is 11.0. The molecule has 104 valence electrons. The fourth-order valence-electron chi connectivity index (χ4n) is 1.59. The summed E-state index contributed by atoms with van der Waals surface area (Å²) in [6.45, 7) is 0. The molecule has 2 aromatic rings. The molecule has 0 fully saturated rings. The molecule has 2 rings (SSSR count). The summed E-state index contributed by atoms with van der Waals surface area (Å²) < 4.78 is 15.7. The highest BCUT2D eigenvalue weighted by atomic mass is 16.5. The van der Waals surface area contributed by atoms with Crippen LogP contribution in [0.4, 0.5) is 0 Å². The van der Waals surface area contributed by atoms with E-state index in [1.54, 1.807) is 18.2 Å². The minimum atomic E-state index is -1.11. The molecular formula is C14H13NO5. The largest absolute Gasteiger partial charge is 0.496 e. The predicted molar refractivity (Wildman–Crippen MR) is 70.8 cm³/mol. The molecule has 6 nitrogen and oxygen atoms in total. The number of hydrogen-bond donors (Lipinski definition) is 1. The first-order valence-electron chi connectivity index (χ1n) is 5.73. The Labute approximate surface area is 115 Å². The topological polar surface area (TPSA) is 77.9 Å². The quantitative estimate of drug-likeness (QED) is 0.903. The number of rotatable bonds is 5. The van der Waals surface area contributed by atoms with Gasteiger partial charge in [-0.2, -0.15) is 0 Å². The number of benzene rings is 1. The van der Waals surface area contributed by atoms with Crippen LogP contribution in [0.1, 0.15) is 10.4 Å². The Morgan fingerprint density at radius 3 is 2.25 bits per heavy atom. The van der Waals surface area contributed by atoms with Gasteiger partial charge in [0.1, 0.15) is 22.8 Å². The molecule has 0 bridgehead atoms. The third kappa shape index (κ3) is 2.97. The van der Waals surface area contributed by atoms with Crippen molar-refractivity contribution in [1.29, 1.82) is 0 Å². The number of aromatic nitrogens is 1. The van der Waals surface area contributed by atoms with Gasteiger partial charge in [-0.05, 0) is 12.1 Å². The van der Waals surface area contributed by atoms with Crippen molar-refractivity contribution in [3.63, 3.8) is 0 Å². The number of ether oxygens (including phenoxy) is 3. The summed E-state index contributed by atoms with van der Waals surface area (Å²) in [5, 5.41) is 9.08. The van der Waals surface area contributed by atoms with Crippen LogP contribution in [0.15, 0.2) is 36.5 Å². The number of nitrogens with zero attached hydrogens (tertiary/aromatic N) is 1. The van der Waals surface area contributed by atoms with E-state index in [4.69, 9.17) is 19.3 Å². The second-order valence-corrected chi connectivity index (χ2v) is 3.81. The lowest BCUT2D eigenvalue weighted by molar-refractivity contribution is 0.0693. The number of pyridine rings is 1. The first-order chi connectivity index (χ1) is 9.63. The van der Waals surface area contributed by atoms with Gasteiger partial charge in [0.2, 0.25) is 5.88 Å². The van der Waals surface area contributed by atoms with Gasteiger partial charge in [0.15, 0.2) is 0 Å². The second-order valence-electron chi connectivity index (χ2n) is 3.81. The van der Waals surface area contributed by atoms with Gasteiger partial charge in [-0.15, -0.1) is 0 Å². The van der Waals surface area contributed by atoms with Crippen LogP contribution in [-0.2, 0) is 0 Å². The Balaban J connectivity index is 2.37. The lowest BCUT2D eigenvalue weighted by Crippen LogP contribution is -2.01. The number of carboxylic acids is 1. The second kappa shape index (κ2) is 5.92. The maximum atomic E-state index is 11.1. The number of carbonyl (C=O) groups is 1. The fourth-order valence-corrected chi connectivity index (χ4v) is 1.59. The van der Waals surface area contributed by atoms with Crippen molar-refractivity contribution in [1.82, 2.24) is 4.98 Å². The maximum absolute atomic E-state index is 11.1. The molecule has 20 heavy (non-hydrogen) atoms. The first-order valence-corrected chi connectivity index (χ1v) is 5.73. The molecule has 0 atom stereocenters. The molecule has 0 saturated carbocycles. The molecule has 1 heterocycles. The van der Waals surface area contributed by atoms with Gasteiger partial charge < -0.3 is 19.3 Å². The summed E-state index contributed by atoms with van der Waals surface area (Å²) in [5.41, 5.74) is -0.0192. The van der Waals surface area contributed by atoms with E-state index in [0.717, 1.165) is 0 Å². The van der Waals surface area contributed by atoms with Gasteiger partial charge in [0, 0.05) is 24.4 Å². The van der Waals surface area contributed by atoms with Crippen molar-refractivity contribution >= 4 is 5.97 Å². The zero-order valence-corrected chi connectivity index (χ0v) is 11.0. The molecule has 0 aliphatic heterocycles. The summed E-state index contributed by atoms with van der Waals surface area (Å²) >= 11 is 0. The number of aromatic carboxylic acids is 1. The smallest absolute Gasteiger partial charge is 0.341 e. The molecule has 1 N–H and O–H groups in total. The summed E-state index contributed by atoms with van der Waals surface area (Å²) in [4.78, 5) is 15.0. The minimum Gasteiger partial charge on any atom is -0.496 e. The molecule has 6 heteroatoms.